The van der Waals surface area contributed by atoms with E-state index in [1.165, 1.54) is 30.0 Å². The lowest BCUT2D eigenvalue weighted by atomic mass is 10.3. The number of rotatable bonds is 6. The van der Waals surface area contributed by atoms with Crippen LogP contribution in [0.1, 0.15) is 24.7 Å². The number of aryl methyl sites for hydroxylation is 1. The monoisotopic (exact) mass is 333 g/mol. The molecule has 0 unspecified atom stereocenters. The molecule has 0 spiro atoms. The minimum atomic E-state index is -0.495. The number of nitrogens with one attached hydrogen (secondary N) is 1. The Kier molecular flexibility index (Phi) is 4.28. The highest BCUT2D eigenvalue weighted by atomic mass is 32.2. The second kappa shape index (κ2) is 6.37. The van der Waals surface area contributed by atoms with Gasteiger partial charge in [-0.05, 0) is 25.8 Å². The second-order valence-corrected chi connectivity index (χ2v) is 6.22. The number of benzene rings is 1. The fourth-order valence-electron chi connectivity index (χ4n) is 2.23. The maximum Gasteiger partial charge on any atom is 0.271 e. The maximum atomic E-state index is 12.0. The number of carbonyl (C=O) groups is 1. The van der Waals surface area contributed by atoms with E-state index in [4.69, 9.17) is 0 Å². The smallest absolute Gasteiger partial charge is 0.271 e. The molecule has 23 heavy (non-hydrogen) atoms. The third kappa shape index (κ3) is 3.67. The molecule has 120 valence electrons. The number of nitrogens with zero attached hydrogens (tertiary/aromatic N) is 4. The molecule has 1 saturated carbocycles. The van der Waals surface area contributed by atoms with Gasteiger partial charge in [0.25, 0.3) is 5.69 Å². The first-order valence-corrected chi connectivity index (χ1v) is 8.12. The Hall–Kier alpha value is -2.42. The Morgan fingerprint density at radius 3 is 2.96 bits per heavy atom. The predicted molar refractivity (Wildman–Crippen MR) is 85.5 cm³/mol. The highest BCUT2D eigenvalue weighted by molar-refractivity contribution is 7.99. The van der Waals surface area contributed by atoms with Gasteiger partial charge in [0.15, 0.2) is 5.16 Å². The molecule has 3 rings (SSSR count). The molecule has 0 atom stereocenters. The van der Waals surface area contributed by atoms with Crippen molar-refractivity contribution in [2.45, 2.75) is 31.0 Å². The molecule has 1 aliphatic rings. The summed E-state index contributed by atoms with van der Waals surface area (Å²) in [5, 5.41) is 22.3. The van der Waals surface area contributed by atoms with Crippen LogP contribution in [0.5, 0.6) is 0 Å². The molecule has 1 aromatic heterocycles. The average molecular weight is 333 g/mol. The summed E-state index contributed by atoms with van der Waals surface area (Å²) in [4.78, 5) is 22.2. The first kappa shape index (κ1) is 15.5. The summed E-state index contributed by atoms with van der Waals surface area (Å²) >= 11 is 1.32. The van der Waals surface area contributed by atoms with Crippen molar-refractivity contribution in [1.82, 2.24) is 14.8 Å². The molecule has 1 N–H and O–H groups in total. The van der Waals surface area contributed by atoms with E-state index in [-0.39, 0.29) is 17.3 Å². The highest BCUT2D eigenvalue weighted by Crippen LogP contribution is 2.38. The first-order valence-electron chi connectivity index (χ1n) is 7.13. The second-order valence-electron chi connectivity index (χ2n) is 5.28. The lowest BCUT2D eigenvalue weighted by molar-refractivity contribution is -0.384. The molecule has 1 heterocycles. The summed E-state index contributed by atoms with van der Waals surface area (Å²) in [5.41, 5.74) is 0.351. The Morgan fingerprint density at radius 2 is 2.26 bits per heavy atom. The van der Waals surface area contributed by atoms with Crippen molar-refractivity contribution in [2.75, 3.05) is 11.1 Å². The van der Waals surface area contributed by atoms with Gasteiger partial charge in [-0.3, -0.25) is 14.9 Å². The Balaban J connectivity index is 1.60. The van der Waals surface area contributed by atoms with Gasteiger partial charge in [-0.15, -0.1) is 10.2 Å². The molecule has 1 fully saturated rings. The molecule has 1 aliphatic carbocycles. The first-order chi connectivity index (χ1) is 11.0. The topological polar surface area (TPSA) is 103 Å². The summed E-state index contributed by atoms with van der Waals surface area (Å²) < 4.78 is 2.06. The van der Waals surface area contributed by atoms with E-state index in [0.717, 1.165) is 23.8 Å². The van der Waals surface area contributed by atoms with Gasteiger partial charge in [0.2, 0.25) is 5.91 Å². The fraction of sp³-hybridized carbons (Fsp3) is 0.357. The van der Waals surface area contributed by atoms with Crippen LogP contribution in [-0.2, 0) is 4.79 Å². The maximum absolute atomic E-state index is 12.0. The third-order valence-electron chi connectivity index (χ3n) is 3.42. The zero-order chi connectivity index (χ0) is 16.4. The normalized spacial score (nSPS) is 13.8. The summed E-state index contributed by atoms with van der Waals surface area (Å²) in [5.74, 6) is 0.792. The van der Waals surface area contributed by atoms with Gasteiger partial charge in [0.05, 0.1) is 10.7 Å². The fourth-order valence-corrected chi connectivity index (χ4v) is 3.08. The van der Waals surface area contributed by atoms with Gasteiger partial charge in [-0.2, -0.15) is 0 Å². The van der Waals surface area contributed by atoms with Crippen LogP contribution >= 0.6 is 11.8 Å². The van der Waals surface area contributed by atoms with Gasteiger partial charge in [-0.25, -0.2) is 0 Å². The van der Waals surface area contributed by atoms with Crippen molar-refractivity contribution >= 4 is 29.0 Å². The number of non-ortho nitro benzene ring substituents is 1. The number of thioether (sulfide) groups is 1. The van der Waals surface area contributed by atoms with Crippen molar-refractivity contribution in [3.63, 3.8) is 0 Å². The summed E-state index contributed by atoms with van der Waals surface area (Å²) in [6.45, 7) is 1.90. The van der Waals surface area contributed by atoms with Crippen LogP contribution in [0.15, 0.2) is 29.4 Å². The number of nitro benzene ring substituents is 1. The molecule has 0 radical (unpaired) electrons. The lowest BCUT2D eigenvalue weighted by Crippen LogP contribution is -2.14. The zero-order valence-corrected chi connectivity index (χ0v) is 13.2. The number of nitro groups is 1. The molecule has 2 aromatic rings. The Labute approximate surface area is 136 Å². The van der Waals surface area contributed by atoms with Gasteiger partial charge in [0.1, 0.15) is 5.82 Å². The van der Waals surface area contributed by atoms with Crippen LogP contribution in [0, 0.1) is 17.0 Å². The number of hydrogen-bond acceptors (Lipinski definition) is 6. The van der Waals surface area contributed by atoms with Crippen LogP contribution in [0.3, 0.4) is 0 Å². The Bertz CT molecular complexity index is 757. The van der Waals surface area contributed by atoms with Gasteiger partial charge in [-0.1, -0.05) is 17.8 Å². The van der Waals surface area contributed by atoms with Crippen molar-refractivity contribution in [3.05, 3.63) is 40.2 Å². The third-order valence-corrected chi connectivity index (χ3v) is 4.36. The predicted octanol–water partition coefficient (Wildman–Crippen LogP) is 2.56. The van der Waals surface area contributed by atoms with E-state index in [9.17, 15) is 14.9 Å². The quantitative estimate of drug-likeness (QED) is 0.495. The summed E-state index contributed by atoms with van der Waals surface area (Å²) in [6.07, 6.45) is 2.23. The highest BCUT2D eigenvalue weighted by Gasteiger charge is 2.28. The largest absolute Gasteiger partial charge is 0.325 e. The zero-order valence-electron chi connectivity index (χ0n) is 12.4. The van der Waals surface area contributed by atoms with Crippen molar-refractivity contribution in [2.24, 2.45) is 0 Å². The van der Waals surface area contributed by atoms with Crippen LogP contribution in [0.2, 0.25) is 0 Å². The van der Waals surface area contributed by atoms with Crippen LogP contribution in [0.4, 0.5) is 11.4 Å². The summed E-state index contributed by atoms with van der Waals surface area (Å²) in [7, 11) is 0. The van der Waals surface area contributed by atoms with Crippen molar-refractivity contribution in [3.8, 4) is 0 Å². The summed E-state index contributed by atoms with van der Waals surface area (Å²) in [6, 6.07) is 6.32. The number of anilines is 1. The van der Waals surface area contributed by atoms with E-state index >= 15 is 0 Å². The molecule has 0 saturated heterocycles. The molecule has 8 nitrogen and oxygen atoms in total. The van der Waals surface area contributed by atoms with Gasteiger partial charge < -0.3 is 9.88 Å². The Morgan fingerprint density at radius 1 is 1.48 bits per heavy atom. The molecule has 9 heteroatoms. The average Bonchev–Trinajstić information content (AvgIpc) is 3.28. The van der Waals surface area contributed by atoms with E-state index in [1.807, 2.05) is 6.92 Å². The minimum absolute atomic E-state index is 0.0560. The van der Waals surface area contributed by atoms with Gasteiger partial charge in [0, 0.05) is 23.9 Å². The van der Waals surface area contributed by atoms with Crippen LogP contribution < -0.4 is 5.32 Å². The number of amides is 1. The number of carbonyl (C=O) groups excluding carboxylic acids is 1. The molecule has 1 amide bonds. The number of hydrogen-bond donors (Lipinski definition) is 1. The van der Waals surface area contributed by atoms with E-state index < -0.39 is 4.92 Å². The van der Waals surface area contributed by atoms with Crippen LogP contribution in [-0.4, -0.2) is 31.3 Å². The standard InChI is InChI=1S/C14H15N5O3S/c1-9-16-17-14(18(9)11-5-6-11)23-8-13(20)15-10-3-2-4-12(7-10)19(21)22/h2-4,7,11H,5-6,8H2,1H3,(H,15,20). The van der Waals surface area contributed by atoms with E-state index in [2.05, 4.69) is 20.1 Å². The van der Waals surface area contributed by atoms with Crippen molar-refractivity contribution in [1.29, 1.82) is 0 Å². The van der Waals surface area contributed by atoms with Crippen LogP contribution in [0.25, 0.3) is 0 Å². The molecule has 0 aliphatic heterocycles. The SMILES string of the molecule is Cc1nnc(SCC(=O)Nc2cccc([N+](=O)[O-])c2)n1C1CC1. The van der Waals surface area contributed by atoms with Gasteiger partial charge >= 0.3 is 0 Å². The molecule has 0 bridgehead atoms. The molecule has 1 aromatic carbocycles. The number of aromatic nitrogens is 3. The van der Waals surface area contributed by atoms with E-state index in [0.29, 0.717) is 11.7 Å². The molecular weight excluding hydrogens is 318 g/mol. The van der Waals surface area contributed by atoms with Crippen molar-refractivity contribution < 1.29 is 9.72 Å². The lowest BCUT2D eigenvalue weighted by Gasteiger charge is -2.07. The molecular formula is C14H15N5O3S. The van der Waals surface area contributed by atoms with E-state index in [1.54, 1.807) is 6.07 Å². The minimum Gasteiger partial charge on any atom is -0.325 e.